The predicted molar refractivity (Wildman–Crippen MR) is 159 cm³/mol. The zero-order valence-corrected chi connectivity index (χ0v) is 22.5. The first kappa shape index (κ1) is 25.3. The van der Waals surface area contributed by atoms with E-state index in [0.29, 0.717) is 39.8 Å². The van der Waals surface area contributed by atoms with Crippen molar-refractivity contribution in [1.82, 2.24) is 4.98 Å². The van der Waals surface area contributed by atoms with E-state index in [1.165, 1.54) is 5.56 Å². The van der Waals surface area contributed by atoms with Crippen molar-refractivity contribution >= 4 is 33.7 Å². The van der Waals surface area contributed by atoms with Gasteiger partial charge >= 0.3 is 5.63 Å². The molecule has 1 unspecified atom stereocenters. The van der Waals surface area contributed by atoms with Crippen LogP contribution in [0.15, 0.2) is 105 Å². The molecule has 198 valence electrons. The first-order chi connectivity index (χ1) is 19.4. The minimum atomic E-state index is -0.418. The Morgan fingerprint density at radius 1 is 0.875 bits per heavy atom. The first-order valence-corrected chi connectivity index (χ1v) is 13.4. The number of rotatable bonds is 6. The number of para-hydroxylation sites is 1. The summed E-state index contributed by atoms with van der Waals surface area (Å²) >= 11 is 0. The van der Waals surface area contributed by atoms with Crippen LogP contribution in [0.1, 0.15) is 47.7 Å². The van der Waals surface area contributed by atoms with Gasteiger partial charge in [-0.15, -0.1) is 0 Å². The number of aryl methyl sites for hydroxylation is 1. The number of benzene rings is 4. The zero-order valence-electron chi connectivity index (χ0n) is 22.5. The Kier molecular flexibility index (Phi) is 6.52. The second kappa shape index (κ2) is 10.3. The molecule has 0 aliphatic rings. The molecule has 1 atom stereocenters. The van der Waals surface area contributed by atoms with Crippen LogP contribution in [0, 0.1) is 6.92 Å². The number of hydrogen-bond donors (Lipinski definition) is 1. The SMILES string of the molecule is CCC(C)c1ccc2oc(-c3ccc(C)c(NC(=O)c4ccc(-c5cc6ccccc6oc5=O)cc4)c3)nc2c1. The van der Waals surface area contributed by atoms with Gasteiger partial charge in [0.25, 0.3) is 5.91 Å². The highest BCUT2D eigenvalue weighted by molar-refractivity contribution is 6.05. The summed E-state index contributed by atoms with van der Waals surface area (Å²) in [5, 5.41) is 3.85. The van der Waals surface area contributed by atoms with Gasteiger partial charge in [-0.3, -0.25) is 4.79 Å². The van der Waals surface area contributed by atoms with Gasteiger partial charge in [-0.2, -0.15) is 0 Å². The van der Waals surface area contributed by atoms with Crippen LogP contribution in [0.4, 0.5) is 5.69 Å². The van der Waals surface area contributed by atoms with Crippen LogP contribution in [-0.4, -0.2) is 10.9 Å². The van der Waals surface area contributed by atoms with E-state index in [9.17, 15) is 9.59 Å². The van der Waals surface area contributed by atoms with Crippen molar-refractivity contribution in [1.29, 1.82) is 0 Å². The Morgan fingerprint density at radius 3 is 2.45 bits per heavy atom. The molecule has 2 heterocycles. The van der Waals surface area contributed by atoms with Crippen molar-refractivity contribution in [3.05, 3.63) is 118 Å². The van der Waals surface area contributed by atoms with E-state index >= 15 is 0 Å². The molecule has 0 bridgehead atoms. The first-order valence-electron chi connectivity index (χ1n) is 13.4. The lowest BCUT2D eigenvalue weighted by Gasteiger charge is -2.10. The fraction of sp³-hybridized carbons (Fsp3) is 0.147. The fourth-order valence-corrected chi connectivity index (χ4v) is 4.76. The summed E-state index contributed by atoms with van der Waals surface area (Å²) in [6.45, 7) is 6.31. The number of oxazole rings is 1. The van der Waals surface area contributed by atoms with Gasteiger partial charge in [-0.05, 0) is 84.5 Å². The number of amides is 1. The average molecular weight is 529 g/mol. The van der Waals surface area contributed by atoms with Gasteiger partial charge in [-0.25, -0.2) is 9.78 Å². The monoisotopic (exact) mass is 528 g/mol. The topological polar surface area (TPSA) is 85.3 Å². The van der Waals surface area contributed by atoms with Crippen LogP contribution >= 0.6 is 0 Å². The summed E-state index contributed by atoms with van der Waals surface area (Å²) in [5.41, 5.74) is 6.87. The molecule has 0 aliphatic heterocycles. The van der Waals surface area contributed by atoms with Crippen molar-refractivity contribution in [3.8, 4) is 22.6 Å². The molecule has 6 aromatic rings. The summed E-state index contributed by atoms with van der Waals surface area (Å²) in [7, 11) is 0. The number of fused-ring (bicyclic) bond motifs is 2. The number of aromatic nitrogens is 1. The summed E-state index contributed by atoms with van der Waals surface area (Å²) < 4.78 is 11.5. The third-order valence-corrected chi connectivity index (χ3v) is 7.43. The van der Waals surface area contributed by atoms with Crippen LogP contribution in [0.2, 0.25) is 0 Å². The van der Waals surface area contributed by atoms with Gasteiger partial charge in [0.05, 0.1) is 5.56 Å². The van der Waals surface area contributed by atoms with Crippen LogP contribution in [0.5, 0.6) is 0 Å². The Bertz CT molecular complexity index is 1930. The summed E-state index contributed by atoms with van der Waals surface area (Å²) in [6.07, 6.45) is 1.05. The van der Waals surface area contributed by atoms with Gasteiger partial charge < -0.3 is 14.2 Å². The third kappa shape index (κ3) is 4.80. The highest BCUT2D eigenvalue weighted by Crippen LogP contribution is 2.30. The lowest BCUT2D eigenvalue weighted by molar-refractivity contribution is 0.102. The number of hydrogen-bond acceptors (Lipinski definition) is 5. The van der Waals surface area contributed by atoms with Crippen LogP contribution < -0.4 is 10.9 Å². The molecule has 6 nitrogen and oxygen atoms in total. The lowest BCUT2D eigenvalue weighted by atomic mass is 9.98. The molecule has 6 rings (SSSR count). The average Bonchev–Trinajstić information content (AvgIpc) is 3.41. The van der Waals surface area contributed by atoms with Crippen molar-refractivity contribution in [2.24, 2.45) is 0 Å². The number of nitrogens with zero attached hydrogens (tertiary/aromatic N) is 1. The smallest absolute Gasteiger partial charge is 0.344 e. The van der Waals surface area contributed by atoms with Gasteiger partial charge in [0.15, 0.2) is 5.58 Å². The highest BCUT2D eigenvalue weighted by Gasteiger charge is 2.15. The van der Waals surface area contributed by atoms with E-state index < -0.39 is 5.63 Å². The van der Waals surface area contributed by atoms with Crippen LogP contribution in [0.25, 0.3) is 44.7 Å². The second-order valence-corrected chi connectivity index (χ2v) is 10.1. The number of nitrogens with one attached hydrogen (secondary N) is 1. The van der Waals surface area contributed by atoms with Crippen molar-refractivity contribution in [2.45, 2.75) is 33.1 Å². The molecular weight excluding hydrogens is 500 g/mol. The predicted octanol–water partition coefficient (Wildman–Crippen LogP) is 8.34. The Balaban J connectivity index is 1.24. The second-order valence-electron chi connectivity index (χ2n) is 10.1. The van der Waals surface area contributed by atoms with Crippen LogP contribution in [-0.2, 0) is 0 Å². The van der Waals surface area contributed by atoms with Crippen molar-refractivity contribution in [2.75, 3.05) is 5.32 Å². The van der Waals surface area contributed by atoms with Gasteiger partial charge in [0.1, 0.15) is 11.1 Å². The van der Waals surface area contributed by atoms with Gasteiger partial charge in [-0.1, -0.05) is 56.3 Å². The molecule has 1 N–H and O–H groups in total. The molecule has 6 heteroatoms. The third-order valence-electron chi connectivity index (χ3n) is 7.43. The molecule has 4 aromatic carbocycles. The van der Waals surface area contributed by atoms with E-state index in [0.717, 1.165) is 34.0 Å². The van der Waals surface area contributed by atoms with Gasteiger partial charge in [0.2, 0.25) is 5.89 Å². The maximum Gasteiger partial charge on any atom is 0.344 e. The van der Waals surface area contributed by atoms with E-state index in [1.807, 2.05) is 55.5 Å². The zero-order chi connectivity index (χ0) is 27.8. The molecular formula is C34H28N2O4. The molecule has 0 radical (unpaired) electrons. The number of carbonyl (C=O) groups excluding carboxylic acids is 1. The van der Waals surface area contributed by atoms with Crippen LogP contribution in [0.3, 0.4) is 0 Å². The molecule has 0 saturated heterocycles. The molecule has 0 fully saturated rings. The lowest BCUT2D eigenvalue weighted by Crippen LogP contribution is -2.13. The summed E-state index contributed by atoms with van der Waals surface area (Å²) in [4.78, 5) is 30.4. The minimum Gasteiger partial charge on any atom is -0.436 e. The minimum absolute atomic E-state index is 0.256. The van der Waals surface area contributed by atoms with Crippen molar-refractivity contribution < 1.29 is 13.6 Å². The van der Waals surface area contributed by atoms with E-state index in [1.54, 1.807) is 30.3 Å². The molecule has 0 spiro atoms. The molecule has 40 heavy (non-hydrogen) atoms. The quantitative estimate of drug-likeness (QED) is 0.220. The number of carbonyl (C=O) groups is 1. The van der Waals surface area contributed by atoms with E-state index in [4.69, 9.17) is 13.8 Å². The standard InChI is InChI=1S/C34H28N2O4/c1-4-20(2)24-15-16-31-29(18-24)36-33(39-31)26-10-9-21(3)28(19-26)35-32(37)23-13-11-22(12-14-23)27-17-25-7-5-6-8-30(25)40-34(27)38/h5-20H,4H2,1-3H3,(H,35,37). The molecule has 0 aliphatic carbocycles. The fourth-order valence-electron chi connectivity index (χ4n) is 4.76. The largest absolute Gasteiger partial charge is 0.436 e. The Hall–Kier alpha value is -4.97. The molecule has 2 aromatic heterocycles. The normalized spacial score (nSPS) is 12.1. The highest BCUT2D eigenvalue weighted by atomic mass is 16.4. The van der Waals surface area contributed by atoms with Gasteiger partial charge in [0, 0.05) is 22.2 Å². The summed E-state index contributed by atoms with van der Waals surface area (Å²) in [6, 6.07) is 28.0. The molecule has 0 saturated carbocycles. The van der Waals surface area contributed by atoms with Crippen molar-refractivity contribution in [3.63, 3.8) is 0 Å². The summed E-state index contributed by atoms with van der Waals surface area (Å²) in [5.74, 6) is 0.697. The maximum absolute atomic E-state index is 13.1. The Morgan fingerprint density at radius 2 is 1.65 bits per heavy atom. The molecule has 1 amide bonds. The Labute approximate surface area is 231 Å². The van der Waals surface area contributed by atoms with E-state index in [2.05, 4.69) is 31.3 Å². The maximum atomic E-state index is 13.1. The van der Waals surface area contributed by atoms with E-state index in [-0.39, 0.29) is 5.91 Å². The number of anilines is 1.